The van der Waals surface area contributed by atoms with E-state index >= 15 is 0 Å². The van der Waals surface area contributed by atoms with Crippen molar-refractivity contribution in [3.63, 3.8) is 0 Å². The minimum Gasteiger partial charge on any atom is -0.389 e. The Morgan fingerprint density at radius 2 is 2.06 bits per heavy atom. The van der Waals surface area contributed by atoms with Gasteiger partial charge in [-0.05, 0) is 25.8 Å². The first-order valence-corrected chi connectivity index (χ1v) is 6.05. The van der Waals surface area contributed by atoms with Crippen LogP contribution in [0.1, 0.15) is 37.8 Å². The number of hydrogen-bond acceptors (Lipinski definition) is 3. The standard InChI is InChI=1S/C14H19NO2/c1-4-14(3,16)13-9-12(15-17-13)11-7-5-10(2)6-8-11/h5-8,13,16H,4,9H2,1-3H3/t13-,14+/m0/s1. The molecule has 3 nitrogen and oxygen atoms in total. The van der Waals surface area contributed by atoms with Crippen LogP contribution in [0, 0.1) is 6.92 Å². The molecule has 1 aromatic carbocycles. The van der Waals surface area contributed by atoms with Crippen LogP contribution < -0.4 is 0 Å². The second-order valence-corrected chi connectivity index (χ2v) is 4.91. The molecule has 1 heterocycles. The van der Waals surface area contributed by atoms with E-state index in [2.05, 4.69) is 24.2 Å². The maximum Gasteiger partial charge on any atom is 0.161 e. The average Bonchev–Trinajstić information content (AvgIpc) is 2.80. The number of benzene rings is 1. The van der Waals surface area contributed by atoms with Crippen molar-refractivity contribution in [2.24, 2.45) is 5.16 Å². The molecule has 0 aliphatic carbocycles. The predicted octanol–water partition coefficient (Wildman–Crippen LogP) is 2.65. The van der Waals surface area contributed by atoms with Crippen LogP contribution in [-0.2, 0) is 4.84 Å². The van der Waals surface area contributed by atoms with Gasteiger partial charge < -0.3 is 9.94 Å². The summed E-state index contributed by atoms with van der Waals surface area (Å²) in [5.41, 5.74) is 2.41. The Balaban J connectivity index is 2.10. The Labute approximate surface area is 102 Å². The number of nitrogens with zero attached hydrogens (tertiary/aromatic N) is 1. The minimum absolute atomic E-state index is 0.233. The van der Waals surface area contributed by atoms with Gasteiger partial charge in [-0.25, -0.2) is 0 Å². The van der Waals surface area contributed by atoms with Crippen molar-refractivity contribution in [2.45, 2.75) is 45.3 Å². The van der Waals surface area contributed by atoms with E-state index in [1.807, 2.05) is 19.1 Å². The molecule has 3 heteroatoms. The molecule has 1 aliphatic rings. The minimum atomic E-state index is -0.810. The van der Waals surface area contributed by atoms with E-state index < -0.39 is 5.60 Å². The molecule has 1 aromatic rings. The van der Waals surface area contributed by atoms with Crippen molar-refractivity contribution < 1.29 is 9.94 Å². The van der Waals surface area contributed by atoms with Gasteiger partial charge in [-0.15, -0.1) is 0 Å². The number of hydrogen-bond donors (Lipinski definition) is 1. The molecule has 92 valence electrons. The fourth-order valence-electron chi connectivity index (χ4n) is 1.85. The molecule has 2 rings (SSSR count). The van der Waals surface area contributed by atoms with E-state index in [-0.39, 0.29) is 6.10 Å². The van der Waals surface area contributed by atoms with Crippen molar-refractivity contribution in [1.29, 1.82) is 0 Å². The molecule has 0 saturated carbocycles. The zero-order valence-corrected chi connectivity index (χ0v) is 10.6. The lowest BCUT2D eigenvalue weighted by Crippen LogP contribution is -2.38. The molecular weight excluding hydrogens is 214 g/mol. The van der Waals surface area contributed by atoms with E-state index in [0.717, 1.165) is 11.3 Å². The number of rotatable bonds is 3. The molecule has 0 saturated heterocycles. The van der Waals surface area contributed by atoms with Crippen LogP contribution in [0.15, 0.2) is 29.4 Å². The van der Waals surface area contributed by atoms with Gasteiger partial charge in [0.2, 0.25) is 0 Å². The van der Waals surface area contributed by atoms with E-state index in [1.54, 1.807) is 6.92 Å². The summed E-state index contributed by atoms with van der Waals surface area (Å²) in [6.45, 7) is 5.81. The van der Waals surface area contributed by atoms with Gasteiger partial charge in [0, 0.05) is 6.42 Å². The van der Waals surface area contributed by atoms with Gasteiger partial charge in [0.15, 0.2) is 6.10 Å². The quantitative estimate of drug-likeness (QED) is 0.872. The van der Waals surface area contributed by atoms with Gasteiger partial charge in [-0.1, -0.05) is 41.9 Å². The third-order valence-electron chi connectivity index (χ3n) is 3.46. The first kappa shape index (κ1) is 12.1. The molecule has 1 aliphatic heterocycles. The van der Waals surface area contributed by atoms with E-state index in [4.69, 9.17) is 4.84 Å². The summed E-state index contributed by atoms with van der Waals surface area (Å²) < 4.78 is 0. The molecular formula is C14H19NO2. The van der Waals surface area contributed by atoms with Crippen LogP contribution >= 0.6 is 0 Å². The van der Waals surface area contributed by atoms with Gasteiger partial charge in [0.1, 0.15) is 5.60 Å². The van der Waals surface area contributed by atoms with Crippen LogP contribution in [0.2, 0.25) is 0 Å². The van der Waals surface area contributed by atoms with Crippen molar-refractivity contribution in [3.8, 4) is 0 Å². The summed E-state index contributed by atoms with van der Waals surface area (Å²) in [5, 5.41) is 14.2. The van der Waals surface area contributed by atoms with Crippen LogP contribution in [0.4, 0.5) is 0 Å². The zero-order valence-electron chi connectivity index (χ0n) is 10.6. The molecule has 0 spiro atoms. The normalized spacial score (nSPS) is 22.8. The number of aliphatic hydroxyl groups is 1. The first-order valence-electron chi connectivity index (χ1n) is 6.05. The van der Waals surface area contributed by atoms with Crippen LogP contribution in [0.5, 0.6) is 0 Å². The number of aryl methyl sites for hydroxylation is 1. The Morgan fingerprint density at radius 1 is 1.41 bits per heavy atom. The van der Waals surface area contributed by atoms with Crippen molar-refractivity contribution in [2.75, 3.05) is 0 Å². The predicted molar refractivity (Wildman–Crippen MR) is 68.1 cm³/mol. The second kappa shape index (κ2) is 4.49. The highest BCUT2D eigenvalue weighted by Crippen LogP contribution is 2.27. The van der Waals surface area contributed by atoms with Gasteiger partial charge in [0.05, 0.1) is 5.71 Å². The maximum atomic E-state index is 10.1. The summed E-state index contributed by atoms with van der Waals surface area (Å²) in [6, 6.07) is 8.20. The van der Waals surface area contributed by atoms with Crippen molar-refractivity contribution >= 4 is 5.71 Å². The molecule has 0 fully saturated rings. The Bertz CT molecular complexity index is 420. The fraction of sp³-hybridized carbons (Fsp3) is 0.500. The molecule has 1 N–H and O–H groups in total. The summed E-state index contributed by atoms with van der Waals surface area (Å²) in [6.07, 6.45) is 1.10. The van der Waals surface area contributed by atoms with Crippen LogP contribution in [0.25, 0.3) is 0 Å². The largest absolute Gasteiger partial charge is 0.389 e. The molecule has 0 amide bonds. The van der Waals surface area contributed by atoms with Gasteiger partial charge in [0.25, 0.3) is 0 Å². The molecule has 0 radical (unpaired) electrons. The smallest absolute Gasteiger partial charge is 0.161 e. The monoisotopic (exact) mass is 233 g/mol. The zero-order chi connectivity index (χ0) is 12.5. The summed E-state index contributed by atoms with van der Waals surface area (Å²) >= 11 is 0. The van der Waals surface area contributed by atoms with Gasteiger partial charge in [-0.3, -0.25) is 0 Å². The Kier molecular flexibility index (Phi) is 3.20. The summed E-state index contributed by atoms with van der Waals surface area (Å²) in [5.74, 6) is 0. The van der Waals surface area contributed by atoms with E-state index in [0.29, 0.717) is 12.8 Å². The lowest BCUT2D eigenvalue weighted by molar-refractivity contribution is -0.0854. The lowest BCUT2D eigenvalue weighted by atomic mass is 9.91. The SMILES string of the molecule is CC[C@@](C)(O)[C@@H]1CC(c2ccc(C)cc2)=NO1. The topological polar surface area (TPSA) is 41.8 Å². The molecule has 2 atom stereocenters. The van der Waals surface area contributed by atoms with E-state index in [1.165, 1.54) is 5.56 Å². The highest BCUT2D eigenvalue weighted by Gasteiger charge is 2.37. The van der Waals surface area contributed by atoms with Crippen molar-refractivity contribution in [3.05, 3.63) is 35.4 Å². The van der Waals surface area contributed by atoms with Crippen LogP contribution in [0.3, 0.4) is 0 Å². The molecule has 0 aromatic heterocycles. The third kappa shape index (κ3) is 2.50. The van der Waals surface area contributed by atoms with Crippen molar-refractivity contribution in [1.82, 2.24) is 0 Å². The highest BCUT2D eigenvalue weighted by atomic mass is 16.7. The second-order valence-electron chi connectivity index (χ2n) is 4.91. The van der Waals surface area contributed by atoms with Gasteiger partial charge >= 0.3 is 0 Å². The summed E-state index contributed by atoms with van der Waals surface area (Å²) in [7, 11) is 0. The summed E-state index contributed by atoms with van der Waals surface area (Å²) in [4.78, 5) is 5.34. The lowest BCUT2D eigenvalue weighted by Gasteiger charge is -2.26. The first-order chi connectivity index (χ1) is 8.03. The third-order valence-corrected chi connectivity index (χ3v) is 3.46. The van der Waals surface area contributed by atoms with Crippen LogP contribution in [-0.4, -0.2) is 22.5 Å². The molecule has 0 unspecified atom stereocenters. The Morgan fingerprint density at radius 3 is 2.65 bits per heavy atom. The highest BCUT2D eigenvalue weighted by molar-refractivity contribution is 6.01. The maximum absolute atomic E-state index is 10.1. The average molecular weight is 233 g/mol. The van der Waals surface area contributed by atoms with Gasteiger partial charge in [-0.2, -0.15) is 0 Å². The number of oxime groups is 1. The molecule has 17 heavy (non-hydrogen) atoms. The Hall–Kier alpha value is -1.35. The van der Waals surface area contributed by atoms with E-state index in [9.17, 15) is 5.11 Å². The fourth-order valence-corrected chi connectivity index (χ4v) is 1.85. The molecule has 0 bridgehead atoms.